The standard InChI is InChI=1S/C23H33N5O3S.C2HF3O2/c1-3-28(4-2)12-13-31-18-9-7-16(8-10-18)20-14-19(22(32-20)27-23(24)30)21(29)26-17-6-5-11-25-15-17;3-2(4,5)1(6)7/h7-10,14,17,25H,3-6,11-13,15H2,1-2H3,(H,26,29)(H3,24,27,30);(H,6,7)/t17-;/m1./s1. The molecule has 1 aliphatic rings. The van der Waals surface area contributed by atoms with Crippen molar-refractivity contribution in [3.8, 4) is 16.2 Å². The number of nitrogens with one attached hydrogen (secondary N) is 3. The molecule has 0 spiro atoms. The summed E-state index contributed by atoms with van der Waals surface area (Å²) in [5.41, 5.74) is 6.69. The minimum atomic E-state index is -5.08. The summed E-state index contributed by atoms with van der Waals surface area (Å²) in [5, 5.41) is 16.5. The van der Waals surface area contributed by atoms with Gasteiger partial charge in [0.2, 0.25) is 0 Å². The molecule has 216 valence electrons. The number of halogens is 3. The van der Waals surface area contributed by atoms with E-state index in [1.165, 1.54) is 11.3 Å². The number of nitrogens with zero attached hydrogens (tertiary/aromatic N) is 1. The first-order valence-electron chi connectivity index (χ1n) is 12.4. The van der Waals surface area contributed by atoms with Gasteiger partial charge in [-0.3, -0.25) is 10.1 Å². The lowest BCUT2D eigenvalue weighted by Crippen LogP contribution is -2.45. The number of nitrogens with two attached hydrogens (primary N) is 1. The Morgan fingerprint density at radius 1 is 1.21 bits per heavy atom. The zero-order valence-corrected chi connectivity index (χ0v) is 22.6. The Kier molecular flexibility index (Phi) is 12.5. The van der Waals surface area contributed by atoms with Crippen LogP contribution in [0.15, 0.2) is 30.3 Å². The molecule has 2 aromatic rings. The fourth-order valence-electron chi connectivity index (χ4n) is 3.69. The second-order valence-corrected chi connectivity index (χ2v) is 9.61. The van der Waals surface area contributed by atoms with Gasteiger partial charge in [0, 0.05) is 24.0 Å². The molecule has 3 rings (SSSR count). The summed E-state index contributed by atoms with van der Waals surface area (Å²) >= 11 is 1.33. The summed E-state index contributed by atoms with van der Waals surface area (Å²) in [6, 6.07) is 8.95. The fourth-order valence-corrected chi connectivity index (χ4v) is 4.76. The van der Waals surface area contributed by atoms with E-state index < -0.39 is 18.2 Å². The Morgan fingerprint density at radius 2 is 1.85 bits per heavy atom. The average molecular weight is 574 g/mol. The van der Waals surface area contributed by atoms with E-state index in [0.29, 0.717) is 17.2 Å². The Labute approximate surface area is 228 Å². The van der Waals surface area contributed by atoms with Crippen LogP contribution in [0.5, 0.6) is 5.75 Å². The molecule has 3 amide bonds. The van der Waals surface area contributed by atoms with Gasteiger partial charge in [0.1, 0.15) is 17.4 Å². The number of thiophene rings is 1. The number of carboxylic acid groups (broad SMARTS) is 1. The predicted octanol–water partition coefficient (Wildman–Crippen LogP) is 3.74. The molecular formula is C25H34F3N5O5S. The average Bonchev–Trinajstić information content (AvgIpc) is 3.30. The molecule has 6 N–H and O–H groups in total. The van der Waals surface area contributed by atoms with Gasteiger partial charge in [-0.05, 0) is 68.4 Å². The highest BCUT2D eigenvalue weighted by Gasteiger charge is 2.38. The van der Waals surface area contributed by atoms with Crippen LogP contribution in [0.3, 0.4) is 0 Å². The summed E-state index contributed by atoms with van der Waals surface area (Å²) in [5.74, 6) is -2.16. The third-order valence-electron chi connectivity index (χ3n) is 5.80. The first-order chi connectivity index (χ1) is 18.4. The van der Waals surface area contributed by atoms with E-state index in [0.717, 1.165) is 61.8 Å². The summed E-state index contributed by atoms with van der Waals surface area (Å²) in [4.78, 5) is 36.4. The number of rotatable bonds is 10. The summed E-state index contributed by atoms with van der Waals surface area (Å²) in [6.07, 6.45) is -3.13. The Hall–Kier alpha value is -3.36. The van der Waals surface area contributed by atoms with Gasteiger partial charge in [-0.1, -0.05) is 13.8 Å². The first kappa shape index (κ1) is 31.9. The summed E-state index contributed by atoms with van der Waals surface area (Å²) < 4.78 is 37.6. The maximum absolute atomic E-state index is 12.9. The van der Waals surface area contributed by atoms with E-state index >= 15 is 0 Å². The van der Waals surface area contributed by atoms with Gasteiger partial charge in [0.05, 0.1) is 5.56 Å². The number of hydrogen-bond donors (Lipinski definition) is 5. The van der Waals surface area contributed by atoms with Crippen molar-refractivity contribution < 1.29 is 37.4 Å². The van der Waals surface area contributed by atoms with Crippen molar-refractivity contribution in [2.45, 2.75) is 38.9 Å². The van der Waals surface area contributed by atoms with Crippen molar-refractivity contribution in [1.82, 2.24) is 15.5 Å². The van der Waals surface area contributed by atoms with E-state index in [1.54, 1.807) is 6.07 Å². The quantitative estimate of drug-likeness (QED) is 0.291. The monoisotopic (exact) mass is 573 g/mol. The summed E-state index contributed by atoms with van der Waals surface area (Å²) in [6.45, 7) is 9.53. The normalized spacial score (nSPS) is 15.2. The second-order valence-electron chi connectivity index (χ2n) is 8.56. The van der Waals surface area contributed by atoms with Crippen LogP contribution in [-0.2, 0) is 4.79 Å². The van der Waals surface area contributed by atoms with E-state index in [9.17, 15) is 22.8 Å². The minimum absolute atomic E-state index is 0.0776. The Balaban J connectivity index is 0.000000673. The third-order valence-corrected chi connectivity index (χ3v) is 6.90. The van der Waals surface area contributed by atoms with Crippen LogP contribution in [0.25, 0.3) is 10.4 Å². The maximum Gasteiger partial charge on any atom is 0.490 e. The topological polar surface area (TPSA) is 146 Å². The molecule has 0 bridgehead atoms. The highest BCUT2D eigenvalue weighted by Crippen LogP contribution is 2.36. The third kappa shape index (κ3) is 10.7. The van der Waals surface area contributed by atoms with Crippen molar-refractivity contribution in [3.05, 3.63) is 35.9 Å². The van der Waals surface area contributed by atoms with E-state index in [4.69, 9.17) is 20.4 Å². The van der Waals surface area contributed by atoms with Crippen molar-refractivity contribution in [2.24, 2.45) is 5.73 Å². The molecule has 10 nitrogen and oxygen atoms in total. The molecule has 0 radical (unpaired) electrons. The van der Waals surface area contributed by atoms with Gasteiger partial charge in [-0.15, -0.1) is 11.3 Å². The van der Waals surface area contributed by atoms with E-state index in [1.807, 2.05) is 24.3 Å². The molecule has 39 heavy (non-hydrogen) atoms. The molecule has 1 atom stereocenters. The van der Waals surface area contributed by atoms with Gasteiger partial charge >= 0.3 is 18.2 Å². The number of benzene rings is 1. The number of amides is 3. The van der Waals surface area contributed by atoms with Gasteiger partial charge < -0.3 is 31.1 Å². The van der Waals surface area contributed by atoms with Crippen LogP contribution < -0.4 is 26.4 Å². The predicted molar refractivity (Wildman–Crippen MR) is 143 cm³/mol. The number of piperidine rings is 1. The number of hydrogen-bond acceptors (Lipinski definition) is 7. The highest BCUT2D eigenvalue weighted by atomic mass is 32.1. The highest BCUT2D eigenvalue weighted by molar-refractivity contribution is 7.20. The van der Waals surface area contributed by atoms with E-state index in [2.05, 4.69) is 34.7 Å². The number of alkyl halides is 3. The number of aliphatic carboxylic acids is 1. The van der Waals surface area contributed by atoms with Gasteiger partial charge in [0.25, 0.3) is 5.91 Å². The smallest absolute Gasteiger partial charge is 0.490 e. The molecule has 1 saturated heterocycles. The minimum Gasteiger partial charge on any atom is -0.492 e. The largest absolute Gasteiger partial charge is 0.492 e. The number of carbonyl (C=O) groups is 3. The first-order valence-corrected chi connectivity index (χ1v) is 13.2. The van der Waals surface area contributed by atoms with Crippen LogP contribution in [-0.4, -0.2) is 79.5 Å². The summed E-state index contributed by atoms with van der Waals surface area (Å²) in [7, 11) is 0. The zero-order chi connectivity index (χ0) is 29.0. The fraction of sp³-hybridized carbons (Fsp3) is 0.480. The molecule has 1 aromatic heterocycles. The molecule has 1 aromatic carbocycles. The number of urea groups is 1. The van der Waals surface area contributed by atoms with Gasteiger partial charge in [-0.25, -0.2) is 9.59 Å². The second kappa shape index (κ2) is 15.3. The van der Waals surface area contributed by atoms with Crippen LogP contribution >= 0.6 is 11.3 Å². The molecular weight excluding hydrogens is 539 g/mol. The SMILES string of the molecule is CCN(CC)CCOc1ccc(-c2cc(C(=O)N[C@@H]3CCCNC3)c(NC(N)=O)s2)cc1.O=C(O)C(F)(F)F. The maximum atomic E-state index is 12.9. The molecule has 0 aliphatic carbocycles. The molecule has 2 heterocycles. The number of carbonyl (C=O) groups excluding carboxylic acids is 2. The molecule has 1 aliphatic heterocycles. The molecule has 14 heteroatoms. The van der Waals surface area contributed by atoms with Crippen LogP contribution in [0.1, 0.15) is 37.0 Å². The van der Waals surface area contributed by atoms with Crippen molar-refractivity contribution in [3.63, 3.8) is 0 Å². The van der Waals surface area contributed by atoms with E-state index in [-0.39, 0.29) is 11.9 Å². The lowest BCUT2D eigenvalue weighted by Gasteiger charge is -2.23. The number of primary amides is 1. The van der Waals surface area contributed by atoms with Gasteiger partial charge in [0.15, 0.2) is 0 Å². The number of ether oxygens (including phenoxy) is 1. The van der Waals surface area contributed by atoms with Crippen molar-refractivity contribution in [1.29, 1.82) is 0 Å². The van der Waals surface area contributed by atoms with Gasteiger partial charge in [-0.2, -0.15) is 13.2 Å². The number of anilines is 1. The van der Waals surface area contributed by atoms with Crippen LogP contribution in [0, 0.1) is 0 Å². The van der Waals surface area contributed by atoms with Crippen molar-refractivity contribution >= 4 is 34.2 Å². The van der Waals surface area contributed by atoms with Crippen LogP contribution in [0.2, 0.25) is 0 Å². The molecule has 1 fully saturated rings. The number of likely N-dealkylation sites (N-methyl/N-ethyl adjacent to an activating group) is 1. The Bertz CT molecular complexity index is 1080. The van der Waals surface area contributed by atoms with Crippen LogP contribution in [0.4, 0.5) is 23.0 Å². The molecule has 0 saturated carbocycles. The molecule has 0 unspecified atom stereocenters. The number of carboxylic acids is 1. The lowest BCUT2D eigenvalue weighted by molar-refractivity contribution is -0.192. The van der Waals surface area contributed by atoms with Crippen molar-refractivity contribution in [2.75, 3.05) is 44.6 Å². The Morgan fingerprint density at radius 3 is 2.36 bits per heavy atom. The lowest BCUT2D eigenvalue weighted by atomic mass is 10.1. The zero-order valence-electron chi connectivity index (χ0n) is 21.8.